The van der Waals surface area contributed by atoms with E-state index in [0.29, 0.717) is 12.5 Å². The monoisotopic (exact) mass is 197 g/mol. The van der Waals surface area contributed by atoms with Crippen LogP contribution < -0.4 is 5.48 Å². The Hall–Kier alpha value is -0.870. The Morgan fingerprint density at radius 2 is 2.36 bits per heavy atom. The summed E-state index contributed by atoms with van der Waals surface area (Å²) in [5.41, 5.74) is 4.08. The summed E-state index contributed by atoms with van der Waals surface area (Å²) in [5, 5.41) is 0. The number of rotatable bonds is 6. The third kappa shape index (κ3) is 3.47. The molecule has 4 nitrogen and oxygen atoms in total. The van der Waals surface area contributed by atoms with E-state index in [2.05, 4.69) is 35.8 Å². The highest BCUT2D eigenvalue weighted by molar-refractivity contribution is 4.96. The van der Waals surface area contributed by atoms with E-state index >= 15 is 0 Å². The van der Waals surface area contributed by atoms with Crippen LogP contribution in [0, 0.1) is 5.92 Å². The van der Waals surface area contributed by atoms with E-state index in [1.54, 1.807) is 0 Å². The topological polar surface area (TPSA) is 39.1 Å². The number of hydrogen-bond acceptors (Lipinski definition) is 3. The summed E-state index contributed by atoms with van der Waals surface area (Å²) in [6, 6.07) is 0. The molecule has 0 aromatic carbocycles. The summed E-state index contributed by atoms with van der Waals surface area (Å²) < 4.78 is 2.09. The van der Waals surface area contributed by atoms with Crippen molar-refractivity contribution in [3.8, 4) is 0 Å². The van der Waals surface area contributed by atoms with Gasteiger partial charge in [-0.2, -0.15) is 5.48 Å². The molecule has 0 saturated carbocycles. The van der Waals surface area contributed by atoms with E-state index in [1.165, 1.54) is 0 Å². The first kappa shape index (κ1) is 11.2. The van der Waals surface area contributed by atoms with Gasteiger partial charge in [-0.3, -0.25) is 0 Å². The average Bonchev–Trinajstić information content (AvgIpc) is 2.59. The highest BCUT2D eigenvalue weighted by Crippen LogP contribution is 1.98. The van der Waals surface area contributed by atoms with Gasteiger partial charge < -0.3 is 9.40 Å². The van der Waals surface area contributed by atoms with E-state index in [0.717, 1.165) is 18.8 Å². The number of nitrogens with zero attached hydrogens (tertiary/aromatic N) is 2. The lowest BCUT2D eigenvalue weighted by molar-refractivity contribution is 0.0185. The zero-order chi connectivity index (χ0) is 10.4. The summed E-state index contributed by atoms with van der Waals surface area (Å²) in [5.74, 6) is 0.554. The molecule has 1 aromatic rings. The van der Waals surface area contributed by atoms with Crippen LogP contribution in [-0.4, -0.2) is 16.2 Å². The van der Waals surface area contributed by atoms with Crippen LogP contribution in [0.2, 0.25) is 0 Å². The SMILES string of the molecule is CCn1cncc1CNOCC(C)C. The second kappa shape index (κ2) is 5.78. The van der Waals surface area contributed by atoms with Crippen LogP contribution in [0.25, 0.3) is 0 Å². The highest BCUT2D eigenvalue weighted by atomic mass is 16.6. The number of nitrogens with one attached hydrogen (secondary N) is 1. The largest absolute Gasteiger partial charge is 0.334 e. The molecule has 0 unspecified atom stereocenters. The van der Waals surface area contributed by atoms with Crippen molar-refractivity contribution < 1.29 is 4.84 Å². The Kier molecular flexibility index (Phi) is 4.62. The summed E-state index contributed by atoms with van der Waals surface area (Å²) in [6.45, 7) is 8.73. The molecule has 1 rings (SSSR count). The van der Waals surface area contributed by atoms with E-state index in [1.807, 2.05) is 12.5 Å². The predicted octanol–water partition coefficient (Wildman–Crippen LogP) is 1.58. The fourth-order valence-electron chi connectivity index (χ4n) is 1.13. The normalized spacial score (nSPS) is 11.1. The smallest absolute Gasteiger partial charge is 0.0948 e. The van der Waals surface area contributed by atoms with Gasteiger partial charge in [0.1, 0.15) is 0 Å². The molecule has 0 fully saturated rings. The van der Waals surface area contributed by atoms with Gasteiger partial charge in [0.05, 0.1) is 25.2 Å². The number of aryl methyl sites for hydroxylation is 1. The zero-order valence-electron chi connectivity index (χ0n) is 9.16. The molecule has 0 bridgehead atoms. The van der Waals surface area contributed by atoms with Crippen LogP contribution >= 0.6 is 0 Å². The van der Waals surface area contributed by atoms with Crippen molar-refractivity contribution in [2.45, 2.75) is 33.9 Å². The van der Waals surface area contributed by atoms with Gasteiger partial charge in [0.15, 0.2) is 0 Å². The second-order valence-electron chi connectivity index (χ2n) is 3.70. The molecule has 1 aromatic heterocycles. The standard InChI is InChI=1S/C10H19N3O/c1-4-13-8-11-5-10(13)6-12-14-7-9(2)3/h5,8-9,12H,4,6-7H2,1-3H3. The molecule has 0 spiro atoms. The third-order valence-electron chi connectivity index (χ3n) is 1.91. The Balaban J connectivity index is 2.24. The minimum Gasteiger partial charge on any atom is -0.334 e. The van der Waals surface area contributed by atoms with Crippen LogP contribution in [0.15, 0.2) is 12.5 Å². The number of aromatic nitrogens is 2. The van der Waals surface area contributed by atoms with Crippen LogP contribution in [0.1, 0.15) is 26.5 Å². The molecule has 0 aliphatic carbocycles. The molecule has 1 N–H and O–H groups in total. The van der Waals surface area contributed by atoms with Crippen molar-refractivity contribution in [1.29, 1.82) is 0 Å². The predicted molar refractivity (Wildman–Crippen MR) is 55.5 cm³/mol. The Morgan fingerprint density at radius 3 is 3.00 bits per heavy atom. The lowest BCUT2D eigenvalue weighted by atomic mass is 10.2. The maximum Gasteiger partial charge on any atom is 0.0948 e. The third-order valence-corrected chi connectivity index (χ3v) is 1.91. The van der Waals surface area contributed by atoms with E-state index in [4.69, 9.17) is 4.84 Å². The van der Waals surface area contributed by atoms with Crippen molar-refractivity contribution >= 4 is 0 Å². The molecule has 0 aliphatic rings. The summed E-state index contributed by atoms with van der Waals surface area (Å²) >= 11 is 0. The molecule has 0 atom stereocenters. The van der Waals surface area contributed by atoms with Crippen LogP contribution in [-0.2, 0) is 17.9 Å². The zero-order valence-corrected chi connectivity index (χ0v) is 9.16. The summed E-state index contributed by atoms with van der Waals surface area (Å²) in [4.78, 5) is 9.35. The molecular formula is C10H19N3O. The minimum atomic E-state index is 0.554. The highest BCUT2D eigenvalue weighted by Gasteiger charge is 1.99. The van der Waals surface area contributed by atoms with Crippen molar-refractivity contribution in [3.05, 3.63) is 18.2 Å². The fourth-order valence-corrected chi connectivity index (χ4v) is 1.13. The van der Waals surface area contributed by atoms with Crippen molar-refractivity contribution in [2.75, 3.05) is 6.61 Å². The molecule has 14 heavy (non-hydrogen) atoms. The van der Waals surface area contributed by atoms with Gasteiger partial charge in [-0.25, -0.2) is 4.98 Å². The van der Waals surface area contributed by atoms with Gasteiger partial charge in [-0.15, -0.1) is 0 Å². The molecule has 80 valence electrons. The first-order valence-electron chi connectivity index (χ1n) is 5.07. The van der Waals surface area contributed by atoms with Crippen LogP contribution in [0.4, 0.5) is 0 Å². The lowest BCUT2D eigenvalue weighted by Crippen LogP contribution is -2.19. The molecule has 0 saturated heterocycles. The second-order valence-corrected chi connectivity index (χ2v) is 3.70. The Labute approximate surface area is 85.2 Å². The summed E-state index contributed by atoms with van der Waals surface area (Å²) in [7, 11) is 0. The van der Waals surface area contributed by atoms with Crippen molar-refractivity contribution in [2.24, 2.45) is 5.92 Å². The molecule has 0 aliphatic heterocycles. The fraction of sp³-hybridized carbons (Fsp3) is 0.700. The molecule has 0 radical (unpaired) electrons. The molecule has 0 amide bonds. The number of hydrogen-bond donors (Lipinski definition) is 1. The van der Waals surface area contributed by atoms with Gasteiger partial charge >= 0.3 is 0 Å². The first-order valence-corrected chi connectivity index (χ1v) is 5.07. The summed E-state index contributed by atoms with van der Waals surface area (Å²) in [6.07, 6.45) is 3.69. The maximum absolute atomic E-state index is 5.28. The van der Waals surface area contributed by atoms with Crippen molar-refractivity contribution in [1.82, 2.24) is 15.0 Å². The van der Waals surface area contributed by atoms with Crippen LogP contribution in [0.5, 0.6) is 0 Å². The van der Waals surface area contributed by atoms with Crippen LogP contribution in [0.3, 0.4) is 0 Å². The Morgan fingerprint density at radius 1 is 1.57 bits per heavy atom. The van der Waals surface area contributed by atoms with Crippen molar-refractivity contribution in [3.63, 3.8) is 0 Å². The molecular weight excluding hydrogens is 178 g/mol. The molecule has 1 heterocycles. The number of imidazole rings is 1. The quantitative estimate of drug-likeness (QED) is 0.556. The maximum atomic E-state index is 5.28. The van der Waals surface area contributed by atoms with E-state index in [9.17, 15) is 0 Å². The van der Waals surface area contributed by atoms with Gasteiger partial charge in [0.25, 0.3) is 0 Å². The van der Waals surface area contributed by atoms with Gasteiger partial charge in [-0.05, 0) is 12.8 Å². The van der Waals surface area contributed by atoms with Gasteiger partial charge in [-0.1, -0.05) is 13.8 Å². The Bertz CT molecular complexity index is 258. The molecule has 4 heteroatoms. The minimum absolute atomic E-state index is 0.554. The van der Waals surface area contributed by atoms with E-state index in [-0.39, 0.29) is 0 Å². The average molecular weight is 197 g/mol. The number of hydroxylamine groups is 1. The first-order chi connectivity index (χ1) is 6.74. The van der Waals surface area contributed by atoms with Gasteiger partial charge in [0, 0.05) is 12.7 Å². The van der Waals surface area contributed by atoms with Gasteiger partial charge in [0.2, 0.25) is 0 Å². The van der Waals surface area contributed by atoms with E-state index < -0.39 is 0 Å². The lowest BCUT2D eigenvalue weighted by Gasteiger charge is -2.08.